The van der Waals surface area contributed by atoms with E-state index in [1.807, 2.05) is 0 Å². The Bertz CT molecular complexity index is 1860. The average molecular weight is 1410 g/mol. The minimum atomic E-state index is -4.96. The quantitative estimate of drug-likeness (QED) is 0.0222. The topological polar surface area (TPSA) is 237 Å². The number of aliphatic hydroxyl groups is 1. The van der Waals surface area contributed by atoms with Crippen LogP contribution in [0.25, 0.3) is 0 Å². The Labute approximate surface area is 588 Å². The SMILES string of the molecule is CCCCCCCCCCCCCCCCCCCCCCCCC(=O)O[C@H](COC(=O)CCCCCCCCCCCCCCC(C)C)COP(=O)(O)OC[C@@H](O)COP(=O)(O)OC[C@@H](COC(=O)CCCCCCCCCCC)OC(=O)CCCCCCCCC(C)CC. The van der Waals surface area contributed by atoms with Crippen molar-refractivity contribution >= 4 is 39.5 Å². The summed E-state index contributed by atoms with van der Waals surface area (Å²) < 4.78 is 68.5. The van der Waals surface area contributed by atoms with Crippen LogP contribution in [0.5, 0.6) is 0 Å². The van der Waals surface area contributed by atoms with Gasteiger partial charge in [-0.2, -0.15) is 0 Å². The van der Waals surface area contributed by atoms with Gasteiger partial charge in [0.15, 0.2) is 12.2 Å². The van der Waals surface area contributed by atoms with Gasteiger partial charge in [0.2, 0.25) is 0 Å². The Morgan fingerprint density at radius 2 is 0.531 bits per heavy atom. The molecule has 0 saturated heterocycles. The van der Waals surface area contributed by atoms with Crippen molar-refractivity contribution in [3.05, 3.63) is 0 Å². The number of aliphatic hydroxyl groups excluding tert-OH is 1. The van der Waals surface area contributed by atoms with Crippen molar-refractivity contribution in [1.82, 2.24) is 0 Å². The first-order valence-corrected chi connectivity index (χ1v) is 43.0. The molecule has 3 N–H and O–H groups in total. The molecule has 0 aromatic carbocycles. The number of rotatable bonds is 76. The Morgan fingerprint density at radius 1 is 0.302 bits per heavy atom. The molecule has 19 heteroatoms. The molecular weight excluding hydrogens is 1260 g/mol. The van der Waals surface area contributed by atoms with Crippen molar-refractivity contribution < 1.29 is 80.2 Å². The number of hydrogen-bond donors (Lipinski definition) is 3. The third kappa shape index (κ3) is 69.2. The first-order chi connectivity index (χ1) is 46.4. The fourth-order valence-corrected chi connectivity index (χ4v) is 13.4. The molecule has 0 saturated carbocycles. The number of unbranched alkanes of at least 4 members (excludes halogenated alkanes) is 45. The van der Waals surface area contributed by atoms with Gasteiger partial charge in [-0.15, -0.1) is 0 Å². The second-order valence-corrected chi connectivity index (χ2v) is 31.4. The van der Waals surface area contributed by atoms with Crippen LogP contribution >= 0.6 is 15.6 Å². The van der Waals surface area contributed by atoms with Crippen LogP contribution < -0.4 is 0 Å². The molecule has 0 heterocycles. The minimum absolute atomic E-state index is 0.103. The molecule has 0 bridgehead atoms. The van der Waals surface area contributed by atoms with Crippen LogP contribution in [0.2, 0.25) is 0 Å². The third-order valence-corrected chi connectivity index (χ3v) is 20.2. The number of carbonyl (C=O) groups excluding carboxylic acids is 4. The van der Waals surface area contributed by atoms with E-state index in [9.17, 15) is 43.2 Å². The van der Waals surface area contributed by atoms with Crippen molar-refractivity contribution in [3.8, 4) is 0 Å². The fraction of sp³-hybridized carbons (Fsp3) is 0.948. The lowest BCUT2D eigenvalue weighted by molar-refractivity contribution is -0.161. The maximum atomic E-state index is 13.1. The molecule has 0 aromatic rings. The molecule has 96 heavy (non-hydrogen) atoms. The summed E-state index contributed by atoms with van der Waals surface area (Å²) in [5.41, 5.74) is 0. The highest BCUT2D eigenvalue weighted by Gasteiger charge is 2.30. The smallest absolute Gasteiger partial charge is 0.462 e. The van der Waals surface area contributed by atoms with E-state index in [0.717, 1.165) is 102 Å². The fourth-order valence-electron chi connectivity index (χ4n) is 11.8. The van der Waals surface area contributed by atoms with Gasteiger partial charge in [0.25, 0.3) is 0 Å². The van der Waals surface area contributed by atoms with E-state index in [4.69, 9.17) is 37.0 Å². The maximum absolute atomic E-state index is 13.1. The first-order valence-electron chi connectivity index (χ1n) is 40.0. The third-order valence-electron chi connectivity index (χ3n) is 18.3. The molecule has 0 amide bonds. The van der Waals surface area contributed by atoms with Crippen molar-refractivity contribution in [2.24, 2.45) is 11.8 Å². The average Bonchev–Trinajstić information content (AvgIpc) is 2.96. The summed E-state index contributed by atoms with van der Waals surface area (Å²) in [5, 5.41) is 10.6. The van der Waals surface area contributed by atoms with Gasteiger partial charge in [-0.25, -0.2) is 9.13 Å². The zero-order valence-corrected chi connectivity index (χ0v) is 64.5. The number of hydrogen-bond acceptors (Lipinski definition) is 15. The molecule has 0 radical (unpaired) electrons. The molecule has 6 atom stereocenters. The van der Waals surface area contributed by atoms with Crippen LogP contribution in [-0.2, 0) is 65.4 Å². The molecule has 0 aliphatic heterocycles. The lowest BCUT2D eigenvalue weighted by Gasteiger charge is -2.21. The molecule has 0 aliphatic rings. The van der Waals surface area contributed by atoms with Crippen LogP contribution in [0.1, 0.15) is 401 Å². The van der Waals surface area contributed by atoms with E-state index in [1.165, 1.54) is 218 Å². The molecule has 17 nitrogen and oxygen atoms in total. The first kappa shape index (κ1) is 94.1. The van der Waals surface area contributed by atoms with Gasteiger partial charge in [-0.3, -0.25) is 37.3 Å². The van der Waals surface area contributed by atoms with Gasteiger partial charge in [0.1, 0.15) is 19.3 Å². The number of phosphoric acid groups is 2. The van der Waals surface area contributed by atoms with Crippen LogP contribution in [0.3, 0.4) is 0 Å². The number of ether oxygens (including phenoxy) is 4. The highest BCUT2D eigenvalue weighted by molar-refractivity contribution is 7.47. The Morgan fingerprint density at radius 3 is 0.792 bits per heavy atom. The summed E-state index contributed by atoms with van der Waals surface area (Å²) in [7, 11) is -9.91. The second-order valence-electron chi connectivity index (χ2n) is 28.5. The number of esters is 4. The van der Waals surface area contributed by atoms with Crippen molar-refractivity contribution in [3.63, 3.8) is 0 Å². The lowest BCUT2D eigenvalue weighted by Crippen LogP contribution is -2.30. The highest BCUT2D eigenvalue weighted by Crippen LogP contribution is 2.45. The standard InChI is InChI=1S/C77H150O17P2/c1-7-10-12-14-16-18-19-20-21-22-23-24-25-26-27-28-29-34-38-42-49-55-61-76(81)93-72(65-88-75(80)60-54-48-41-37-33-31-30-32-36-39-45-51-57-69(4)5)67-91-95(83,84)89-63-71(78)64-90-96(85,86)92-68-73(66-87-74(79)59-53-47-40-35-17-15-13-11-8-2)94-77(82)62-56-50-44-43-46-52-58-70(6)9-3/h69-73,78H,7-68H2,1-6H3,(H,83,84)(H,85,86)/t70?,71-,72-,73-/m1/s1. The largest absolute Gasteiger partial charge is 0.472 e. The van der Waals surface area contributed by atoms with Crippen LogP contribution in [0.4, 0.5) is 0 Å². The summed E-state index contributed by atoms with van der Waals surface area (Å²) in [6, 6.07) is 0. The summed E-state index contributed by atoms with van der Waals surface area (Å²) in [4.78, 5) is 72.7. The van der Waals surface area contributed by atoms with Gasteiger partial charge in [0.05, 0.1) is 26.4 Å². The molecule has 0 rings (SSSR count). The van der Waals surface area contributed by atoms with E-state index in [1.54, 1.807) is 0 Å². The summed E-state index contributed by atoms with van der Waals surface area (Å²) >= 11 is 0. The van der Waals surface area contributed by atoms with Crippen molar-refractivity contribution in [1.29, 1.82) is 0 Å². The van der Waals surface area contributed by atoms with E-state index in [0.29, 0.717) is 25.7 Å². The van der Waals surface area contributed by atoms with Crippen LogP contribution in [0, 0.1) is 11.8 Å². The van der Waals surface area contributed by atoms with Gasteiger partial charge in [-0.05, 0) is 37.5 Å². The van der Waals surface area contributed by atoms with Crippen LogP contribution in [0.15, 0.2) is 0 Å². The molecule has 0 aliphatic carbocycles. The highest BCUT2D eigenvalue weighted by atomic mass is 31.2. The predicted octanol–water partition coefficient (Wildman–Crippen LogP) is 22.7. The Balaban J connectivity index is 5.17. The Kier molecular flexibility index (Phi) is 67.4. The van der Waals surface area contributed by atoms with Gasteiger partial charge in [-0.1, -0.05) is 350 Å². The molecule has 0 aromatic heterocycles. The minimum Gasteiger partial charge on any atom is -0.462 e. The van der Waals surface area contributed by atoms with E-state index < -0.39 is 97.5 Å². The molecule has 0 fully saturated rings. The number of phosphoric ester groups is 2. The zero-order chi connectivity index (χ0) is 70.7. The van der Waals surface area contributed by atoms with Crippen molar-refractivity contribution in [2.75, 3.05) is 39.6 Å². The monoisotopic (exact) mass is 1410 g/mol. The summed E-state index contributed by atoms with van der Waals surface area (Å²) in [6.07, 6.45) is 57.1. The van der Waals surface area contributed by atoms with Crippen molar-refractivity contribution in [2.45, 2.75) is 419 Å². The van der Waals surface area contributed by atoms with Gasteiger partial charge < -0.3 is 33.8 Å². The van der Waals surface area contributed by atoms with E-state index >= 15 is 0 Å². The van der Waals surface area contributed by atoms with Gasteiger partial charge >= 0.3 is 39.5 Å². The summed E-state index contributed by atoms with van der Waals surface area (Å²) in [6.45, 7) is 9.54. The van der Waals surface area contributed by atoms with E-state index in [2.05, 4.69) is 41.5 Å². The molecule has 570 valence electrons. The van der Waals surface area contributed by atoms with Crippen LogP contribution in [-0.4, -0.2) is 96.7 Å². The number of carbonyl (C=O) groups is 4. The molecule has 3 unspecified atom stereocenters. The molecular formula is C77H150O17P2. The zero-order valence-electron chi connectivity index (χ0n) is 62.7. The van der Waals surface area contributed by atoms with E-state index in [-0.39, 0.29) is 25.7 Å². The second kappa shape index (κ2) is 68.8. The maximum Gasteiger partial charge on any atom is 0.472 e. The normalized spacial score (nSPS) is 14.3. The lowest BCUT2D eigenvalue weighted by atomic mass is 10.00. The van der Waals surface area contributed by atoms with Gasteiger partial charge in [0, 0.05) is 25.7 Å². The molecule has 0 spiro atoms. The summed E-state index contributed by atoms with van der Waals surface area (Å²) in [5.74, 6) is -0.618. The predicted molar refractivity (Wildman–Crippen MR) is 391 cm³/mol. The Hall–Kier alpha value is -1.94.